The number of fused-ring (bicyclic) bond motifs is 1. The molecule has 0 bridgehead atoms. The molecule has 0 aliphatic heterocycles. The van der Waals surface area contributed by atoms with Gasteiger partial charge in [0, 0.05) is 18.9 Å². The van der Waals surface area contributed by atoms with E-state index in [1.807, 2.05) is 37.0 Å². The van der Waals surface area contributed by atoms with E-state index in [9.17, 15) is 0 Å². The molecule has 3 rings (SSSR count). The summed E-state index contributed by atoms with van der Waals surface area (Å²) in [7, 11) is 1.95. The predicted molar refractivity (Wildman–Crippen MR) is 76.1 cm³/mol. The van der Waals surface area contributed by atoms with E-state index in [1.165, 1.54) is 0 Å². The lowest BCUT2D eigenvalue weighted by Crippen LogP contribution is -2.11. The highest BCUT2D eigenvalue weighted by Gasteiger charge is 2.09. The van der Waals surface area contributed by atoms with Crippen molar-refractivity contribution < 1.29 is 0 Å². The van der Waals surface area contributed by atoms with Crippen LogP contribution in [0.2, 0.25) is 0 Å². The van der Waals surface area contributed by atoms with Gasteiger partial charge in [-0.3, -0.25) is 4.68 Å². The maximum atomic E-state index is 4.40. The Labute approximate surface area is 111 Å². The smallest absolute Gasteiger partial charge is 0.104 e. The first-order valence-corrected chi connectivity index (χ1v) is 6.34. The maximum Gasteiger partial charge on any atom is 0.104 e. The largest absolute Gasteiger partial charge is 0.377 e. The summed E-state index contributed by atoms with van der Waals surface area (Å²) in [5.74, 6) is 0.937. The SMILES string of the molecule is Cc1nc2ccc(NC(C)c3ccnn3C)cc2[nH]1. The number of nitrogens with zero attached hydrogens (tertiary/aromatic N) is 3. The zero-order chi connectivity index (χ0) is 13.4. The molecule has 0 aliphatic carbocycles. The highest BCUT2D eigenvalue weighted by atomic mass is 15.3. The first-order chi connectivity index (χ1) is 9.13. The fourth-order valence-corrected chi connectivity index (χ4v) is 2.36. The molecule has 0 saturated carbocycles. The summed E-state index contributed by atoms with van der Waals surface area (Å²) in [6, 6.07) is 8.39. The zero-order valence-electron chi connectivity index (χ0n) is 11.3. The molecule has 3 aromatic rings. The Morgan fingerprint density at radius 1 is 1.32 bits per heavy atom. The first kappa shape index (κ1) is 11.8. The highest BCUT2D eigenvalue weighted by Crippen LogP contribution is 2.22. The fraction of sp³-hybridized carbons (Fsp3) is 0.286. The number of rotatable bonds is 3. The van der Waals surface area contributed by atoms with Crippen molar-refractivity contribution in [1.82, 2.24) is 19.7 Å². The Morgan fingerprint density at radius 3 is 2.89 bits per heavy atom. The molecule has 0 fully saturated rings. The van der Waals surface area contributed by atoms with Crippen molar-refractivity contribution in [1.29, 1.82) is 0 Å². The van der Waals surface area contributed by atoms with Crippen LogP contribution in [0.25, 0.3) is 11.0 Å². The molecule has 0 saturated heterocycles. The molecule has 1 aromatic carbocycles. The average molecular weight is 255 g/mol. The molecule has 98 valence electrons. The minimum atomic E-state index is 0.203. The monoisotopic (exact) mass is 255 g/mol. The third-order valence-electron chi connectivity index (χ3n) is 3.29. The van der Waals surface area contributed by atoms with Crippen LogP contribution in [0.3, 0.4) is 0 Å². The molecule has 2 N–H and O–H groups in total. The highest BCUT2D eigenvalue weighted by molar-refractivity contribution is 5.79. The van der Waals surface area contributed by atoms with E-state index < -0.39 is 0 Å². The number of aryl methyl sites for hydroxylation is 2. The van der Waals surface area contributed by atoms with Crippen LogP contribution in [-0.2, 0) is 7.05 Å². The van der Waals surface area contributed by atoms with Crippen molar-refractivity contribution in [3.05, 3.63) is 42.0 Å². The van der Waals surface area contributed by atoms with Gasteiger partial charge in [-0.05, 0) is 38.1 Å². The summed E-state index contributed by atoms with van der Waals surface area (Å²) in [5.41, 5.74) is 4.28. The molecule has 1 atom stereocenters. The number of hydrogen-bond acceptors (Lipinski definition) is 3. The molecular formula is C14H17N5. The Balaban J connectivity index is 1.86. The lowest BCUT2D eigenvalue weighted by Gasteiger charge is -2.15. The summed E-state index contributed by atoms with van der Waals surface area (Å²) in [4.78, 5) is 7.65. The number of H-pyrrole nitrogens is 1. The molecule has 0 radical (unpaired) electrons. The summed E-state index contributed by atoms with van der Waals surface area (Å²) >= 11 is 0. The number of imidazole rings is 1. The van der Waals surface area contributed by atoms with Crippen LogP contribution in [0.4, 0.5) is 5.69 Å². The normalized spacial score (nSPS) is 12.8. The van der Waals surface area contributed by atoms with E-state index in [4.69, 9.17) is 0 Å². The summed E-state index contributed by atoms with van der Waals surface area (Å²) in [6.07, 6.45) is 1.81. The molecular weight excluding hydrogens is 238 g/mol. The minimum Gasteiger partial charge on any atom is -0.377 e. The second kappa shape index (κ2) is 4.42. The quantitative estimate of drug-likeness (QED) is 0.756. The van der Waals surface area contributed by atoms with E-state index in [0.29, 0.717) is 0 Å². The third-order valence-corrected chi connectivity index (χ3v) is 3.29. The van der Waals surface area contributed by atoms with Gasteiger partial charge >= 0.3 is 0 Å². The lowest BCUT2D eigenvalue weighted by atomic mass is 10.2. The first-order valence-electron chi connectivity index (χ1n) is 6.34. The number of aromatic amines is 1. The second-order valence-corrected chi connectivity index (χ2v) is 4.80. The molecule has 2 aromatic heterocycles. The predicted octanol–water partition coefficient (Wildman–Crippen LogP) is 2.78. The Morgan fingerprint density at radius 2 is 2.16 bits per heavy atom. The van der Waals surface area contributed by atoms with Gasteiger partial charge < -0.3 is 10.3 Å². The van der Waals surface area contributed by atoms with Crippen molar-refractivity contribution in [3.8, 4) is 0 Å². The van der Waals surface area contributed by atoms with Gasteiger partial charge in [0.05, 0.1) is 22.8 Å². The van der Waals surface area contributed by atoms with Gasteiger partial charge in [-0.2, -0.15) is 5.10 Å². The summed E-state index contributed by atoms with van der Waals surface area (Å²) < 4.78 is 1.89. The van der Waals surface area contributed by atoms with Crippen molar-refractivity contribution in [2.45, 2.75) is 19.9 Å². The average Bonchev–Trinajstić information content (AvgIpc) is 2.93. The summed E-state index contributed by atoms with van der Waals surface area (Å²) in [6.45, 7) is 4.09. The van der Waals surface area contributed by atoms with E-state index in [1.54, 1.807) is 0 Å². The van der Waals surface area contributed by atoms with E-state index >= 15 is 0 Å². The number of aromatic nitrogens is 4. The molecule has 2 heterocycles. The van der Waals surface area contributed by atoms with Gasteiger partial charge in [0.25, 0.3) is 0 Å². The Bertz CT molecular complexity index is 710. The Kier molecular flexibility index (Phi) is 2.74. The van der Waals surface area contributed by atoms with Gasteiger partial charge in [0.1, 0.15) is 5.82 Å². The Hall–Kier alpha value is -2.30. The molecule has 0 spiro atoms. The van der Waals surface area contributed by atoms with Crippen LogP contribution in [-0.4, -0.2) is 19.7 Å². The van der Waals surface area contributed by atoms with Gasteiger partial charge in [0.2, 0.25) is 0 Å². The van der Waals surface area contributed by atoms with Crippen LogP contribution in [0.15, 0.2) is 30.5 Å². The molecule has 0 aliphatic rings. The van der Waals surface area contributed by atoms with Gasteiger partial charge in [-0.1, -0.05) is 0 Å². The lowest BCUT2D eigenvalue weighted by molar-refractivity contribution is 0.676. The van der Waals surface area contributed by atoms with Gasteiger partial charge in [0.15, 0.2) is 0 Å². The minimum absolute atomic E-state index is 0.203. The number of nitrogens with one attached hydrogen (secondary N) is 2. The van der Waals surface area contributed by atoms with Crippen LogP contribution in [0.1, 0.15) is 24.5 Å². The molecule has 1 unspecified atom stereocenters. The number of hydrogen-bond donors (Lipinski definition) is 2. The van der Waals surface area contributed by atoms with Gasteiger partial charge in [-0.15, -0.1) is 0 Å². The van der Waals surface area contributed by atoms with Crippen molar-refractivity contribution in [2.24, 2.45) is 7.05 Å². The molecule has 0 amide bonds. The van der Waals surface area contributed by atoms with E-state index in [0.717, 1.165) is 28.2 Å². The van der Waals surface area contributed by atoms with Crippen LogP contribution >= 0.6 is 0 Å². The molecule has 5 nitrogen and oxygen atoms in total. The molecule has 19 heavy (non-hydrogen) atoms. The van der Waals surface area contributed by atoms with E-state index in [2.05, 4.69) is 39.4 Å². The second-order valence-electron chi connectivity index (χ2n) is 4.80. The van der Waals surface area contributed by atoms with Crippen LogP contribution < -0.4 is 5.32 Å². The van der Waals surface area contributed by atoms with Crippen molar-refractivity contribution in [2.75, 3.05) is 5.32 Å². The number of benzene rings is 1. The zero-order valence-corrected chi connectivity index (χ0v) is 11.3. The van der Waals surface area contributed by atoms with Crippen LogP contribution in [0.5, 0.6) is 0 Å². The number of anilines is 1. The van der Waals surface area contributed by atoms with Crippen LogP contribution in [0, 0.1) is 6.92 Å². The van der Waals surface area contributed by atoms with Crippen molar-refractivity contribution in [3.63, 3.8) is 0 Å². The topological polar surface area (TPSA) is 58.5 Å². The maximum absolute atomic E-state index is 4.40. The molecule has 5 heteroatoms. The van der Waals surface area contributed by atoms with Crippen molar-refractivity contribution >= 4 is 16.7 Å². The fourth-order valence-electron chi connectivity index (χ4n) is 2.36. The van der Waals surface area contributed by atoms with E-state index in [-0.39, 0.29) is 6.04 Å². The third kappa shape index (κ3) is 2.19. The standard InChI is InChI=1S/C14H17N5/c1-9(14-6-7-15-19(14)3)16-11-4-5-12-13(8-11)18-10(2)17-12/h4-9,16H,1-3H3,(H,17,18). The summed E-state index contributed by atoms with van der Waals surface area (Å²) in [5, 5.41) is 7.67. The van der Waals surface area contributed by atoms with Gasteiger partial charge in [-0.25, -0.2) is 4.98 Å².